The lowest BCUT2D eigenvalue weighted by Gasteiger charge is -2.48. The van der Waals surface area contributed by atoms with E-state index >= 15 is 0 Å². The molecule has 0 spiro atoms. The molecule has 0 radical (unpaired) electrons. The van der Waals surface area contributed by atoms with Gasteiger partial charge in [-0.2, -0.15) is 0 Å². The molecule has 1 fully saturated rings. The van der Waals surface area contributed by atoms with Crippen LogP contribution in [-0.4, -0.2) is 45.9 Å². The smallest absolute Gasteiger partial charge is 0.165 e. The number of hydrogen-bond acceptors (Lipinski definition) is 6. The Bertz CT molecular complexity index is 704. The van der Waals surface area contributed by atoms with Crippen LogP contribution in [0, 0.1) is 6.92 Å². The van der Waals surface area contributed by atoms with Crippen molar-refractivity contribution < 1.29 is 5.11 Å². The number of fused-ring (bicyclic) bond motifs is 4. The number of aryl methyl sites for hydroxylation is 1. The van der Waals surface area contributed by atoms with E-state index in [9.17, 15) is 5.11 Å². The normalized spacial score (nSPS) is 24.9. The van der Waals surface area contributed by atoms with Gasteiger partial charge in [-0.3, -0.25) is 0 Å². The average Bonchev–Trinajstić information content (AvgIpc) is 2.51. The Balaban J connectivity index is 1.93. The van der Waals surface area contributed by atoms with Crippen LogP contribution in [0.1, 0.15) is 25.1 Å². The molecule has 2 atom stereocenters. The molecule has 21 heavy (non-hydrogen) atoms. The number of hydrogen-bond donors (Lipinski definition) is 1. The van der Waals surface area contributed by atoms with Crippen molar-refractivity contribution in [3.05, 3.63) is 18.1 Å². The van der Waals surface area contributed by atoms with E-state index in [0.29, 0.717) is 0 Å². The maximum atomic E-state index is 10.6. The molecule has 1 saturated heterocycles. The summed E-state index contributed by atoms with van der Waals surface area (Å²) < 4.78 is 0. The Hall–Kier alpha value is -1.95. The molecule has 6 nitrogen and oxygen atoms in total. The fourth-order valence-corrected chi connectivity index (χ4v) is 3.43. The summed E-state index contributed by atoms with van der Waals surface area (Å²) in [6, 6.07) is 2.16. The highest BCUT2D eigenvalue weighted by Gasteiger charge is 2.39. The van der Waals surface area contributed by atoms with Crippen molar-refractivity contribution in [3.8, 4) is 0 Å². The van der Waals surface area contributed by atoms with Gasteiger partial charge < -0.3 is 14.9 Å². The molecule has 2 aliphatic heterocycles. The summed E-state index contributed by atoms with van der Waals surface area (Å²) in [6.07, 6.45) is 4.63. The molecule has 4 heterocycles. The van der Waals surface area contributed by atoms with Crippen LogP contribution in [0.3, 0.4) is 0 Å². The lowest BCUT2D eigenvalue weighted by atomic mass is 9.97. The average molecular weight is 285 g/mol. The van der Waals surface area contributed by atoms with Crippen LogP contribution in [0.25, 0.3) is 11.0 Å². The van der Waals surface area contributed by atoms with Gasteiger partial charge in [-0.25, -0.2) is 15.0 Å². The first-order chi connectivity index (χ1) is 10.1. The van der Waals surface area contributed by atoms with Crippen molar-refractivity contribution in [1.82, 2.24) is 15.0 Å². The van der Waals surface area contributed by atoms with Crippen LogP contribution in [0.2, 0.25) is 0 Å². The SMILES string of the molecule is Cc1ncc2cc3c(nc2n1)N1CCCCC1C(O)N3C. The molecule has 0 aliphatic carbocycles. The second-order valence-electron chi connectivity index (χ2n) is 5.94. The number of pyridine rings is 1. The maximum absolute atomic E-state index is 10.6. The molecule has 110 valence electrons. The third-order valence-electron chi connectivity index (χ3n) is 4.59. The largest absolute Gasteiger partial charge is 0.371 e. The summed E-state index contributed by atoms with van der Waals surface area (Å²) in [7, 11) is 1.93. The monoisotopic (exact) mass is 285 g/mol. The first kappa shape index (κ1) is 12.8. The summed E-state index contributed by atoms with van der Waals surface area (Å²) in [5.74, 6) is 1.67. The first-order valence-corrected chi connectivity index (χ1v) is 7.47. The van der Waals surface area contributed by atoms with Gasteiger partial charge in [-0.15, -0.1) is 0 Å². The number of aromatic nitrogens is 3. The van der Waals surface area contributed by atoms with Crippen molar-refractivity contribution in [3.63, 3.8) is 0 Å². The van der Waals surface area contributed by atoms with Crippen molar-refractivity contribution >= 4 is 22.5 Å². The van der Waals surface area contributed by atoms with Gasteiger partial charge in [0.15, 0.2) is 11.5 Å². The van der Waals surface area contributed by atoms with Crippen molar-refractivity contribution in [1.29, 1.82) is 0 Å². The van der Waals surface area contributed by atoms with E-state index in [-0.39, 0.29) is 6.04 Å². The number of aliphatic hydroxyl groups excluding tert-OH is 1. The number of anilines is 2. The molecule has 2 aromatic rings. The van der Waals surface area contributed by atoms with Crippen LogP contribution in [0.15, 0.2) is 12.3 Å². The van der Waals surface area contributed by atoms with Gasteiger partial charge >= 0.3 is 0 Å². The molecule has 0 aromatic carbocycles. The zero-order valence-corrected chi connectivity index (χ0v) is 12.3. The Kier molecular flexibility index (Phi) is 2.75. The van der Waals surface area contributed by atoms with Crippen molar-refractivity contribution in [2.45, 2.75) is 38.5 Å². The van der Waals surface area contributed by atoms with Crippen LogP contribution >= 0.6 is 0 Å². The highest BCUT2D eigenvalue weighted by molar-refractivity contribution is 5.85. The molecule has 0 bridgehead atoms. The second-order valence-corrected chi connectivity index (χ2v) is 5.94. The van der Waals surface area contributed by atoms with Gasteiger partial charge in [-0.05, 0) is 32.3 Å². The standard InChI is InChI=1S/C15H19N5O/c1-9-16-8-10-7-12-14(18-13(10)17-9)20-6-4-3-5-11(20)15(21)19(12)2/h7-8,11,15,21H,3-6H2,1-2H3. The van der Waals surface area contributed by atoms with Gasteiger partial charge in [-0.1, -0.05) is 0 Å². The molecule has 6 heteroatoms. The summed E-state index contributed by atoms with van der Waals surface area (Å²) in [5, 5.41) is 11.5. The van der Waals surface area contributed by atoms with Gasteiger partial charge in [0, 0.05) is 25.2 Å². The minimum absolute atomic E-state index is 0.129. The Morgan fingerprint density at radius 2 is 2.14 bits per heavy atom. The number of rotatable bonds is 0. The predicted molar refractivity (Wildman–Crippen MR) is 81.5 cm³/mol. The highest BCUT2D eigenvalue weighted by atomic mass is 16.3. The molecule has 0 saturated carbocycles. The summed E-state index contributed by atoms with van der Waals surface area (Å²) in [6.45, 7) is 2.82. The van der Waals surface area contributed by atoms with Gasteiger partial charge in [0.05, 0.1) is 11.7 Å². The molecule has 0 amide bonds. The minimum atomic E-state index is -0.483. The maximum Gasteiger partial charge on any atom is 0.165 e. The molecule has 1 N–H and O–H groups in total. The topological polar surface area (TPSA) is 65.4 Å². The fourth-order valence-electron chi connectivity index (χ4n) is 3.43. The molecule has 2 aliphatic rings. The van der Waals surface area contributed by atoms with E-state index in [1.807, 2.05) is 24.9 Å². The van der Waals surface area contributed by atoms with E-state index in [1.54, 1.807) is 6.20 Å². The number of likely N-dealkylation sites (N-methyl/N-ethyl adjacent to an activating group) is 1. The van der Waals surface area contributed by atoms with Crippen LogP contribution < -0.4 is 9.80 Å². The summed E-state index contributed by atoms with van der Waals surface area (Å²) in [4.78, 5) is 17.6. The Morgan fingerprint density at radius 3 is 3.00 bits per heavy atom. The quantitative estimate of drug-likeness (QED) is 0.790. The molecule has 2 aromatic heterocycles. The van der Waals surface area contributed by atoms with Gasteiger partial charge in [0.2, 0.25) is 0 Å². The first-order valence-electron chi connectivity index (χ1n) is 7.47. The third kappa shape index (κ3) is 1.86. The van der Waals surface area contributed by atoms with Crippen LogP contribution in [-0.2, 0) is 0 Å². The number of nitrogens with zero attached hydrogens (tertiary/aromatic N) is 5. The third-order valence-corrected chi connectivity index (χ3v) is 4.59. The predicted octanol–water partition coefficient (Wildman–Crippen LogP) is 1.46. The lowest BCUT2D eigenvalue weighted by Crippen LogP contribution is -2.57. The second kappa shape index (κ2) is 4.53. The van der Waals surface area contributed by atoms with Gasteiger partial charge in [0.1, 0.15) is 12.1 Å². The fraction of sp³-hybridized carbons (Fsp3) is 0.533. The van der Waals surface area contributed by atoms with E-state index in [2.05, 4.69) is 14.9 Å². The summed E-state index contributed by atoms with van der Waals surface area (Å²) in [5.41, 5.74) is 1.69. The van der Waals surface area contributed by atoms with Crippen molar-refractivity contribution in [2.24, 2.45) is 0 Å². The molecule has 4 rings (SSSR count). The van der Waals surface area contributed by atoms with E-state index < -0.39 is 6.23 Å². The Labute approximate surface area is 123 Å². The zero-order valence-electron chi connectivity index (χ0n) is 12.3. The van der Waals surface area contributed by atoms with Crippen LogP contribution in [0.5, 0.6) is 0 Å². The lowest BCUT2D eigenvalue weighted by molar-refractivity contribution is 0.122. The molecular weight excluding hydrogens is 266 g/mol. The minimum Gasteiger partial charge on any atom is -0.371 e. The highest BCUT2D eigenvalue weighted by Crippen LogP contribution is 2.40. The number of aliphatic hydroxyl groups is 1. The Morgan fingerprint density at radius 1 is 1.29 bits per heavy atom. The molecular formula is C15H19N5O. The van der Waals surface area contributed by atoms with Crippen molar-refractivity contribution in [2.75, 3.05) is 23.4 Å². The number of piperidine rings is 1. The van der Waals surface area contributed by atoms with E-state index in [1.165, 1.54) is 0 Å². The zero-order chi connectivity index (χ0) is 14.6. The van der Waals surface area contributed by atoms with E-state index in [4.69, 9.17) is 4.98 Å². The summed E-state index contributed by atoms with van der Waals surface area (Å²) >= 11 is 0. The van der Waals surface area contributed by atoms with Crippen LogP contribution in [0.4, 0.5) is 11.5 Å². The van der Waals surface area contributed by atoms with E-state index in [0.717, 1.165) is 54.2 Å². The van der Waals surface area contributed by atoms with Gasteiger partial charge in [0.25, 0.3) is 0 Å². The molecule has 2 unspecified atom stereocenters.